The van der Waals surface area contributed by atoms with Gasteiger partial charge in [0.25, 0.3) is 0 Å². The molecule has 8 heteroatoms. The minimum atomic E-state index is -4.71. The van der Waals surface area contributed by atoms with Crippen molar-refractivity contribution in [3.63, 3.8) is 0 Å². The molecule has 2 N–H and O–H groups in total. The third kappa shape index (κ3) is 2.80. The molecular weight excluding hydrogens is 228 g/mol. The molecule has 0 aromatic heterocycles. The first-order chi connectivity index (χ1) is 7.36. The number of alkyl halides is 3. The number of methoxy groups -OCH3 is 1. The third-order valence-electron chi connectivity index (χ3n) is 1.72. The SMILES string of the molecule is COc1cccc(OB(O)O)c1C(F)(F)F. The van der Waals surface area contributed by atoms with E-state index in [0.29, 0.717) is 0 Å². The normalized spacial score (nSPS) is 11.1. The van der Waals surface area contributed by atoms with E-state index in [1.165, 1.54) is 6.07 Å². The van der Waals surface area contributed by atoms with Gasteiger partial charge in [-0.05, 0) is 12.1 Å². The van der Waals surface area contributed by atoms with Crippen molar-refractivity contribution < 1.29 is 32.6 Å². The van der Waals surface area contributed by atoms with Crippen LogP contribution >= 0.6 is 0 Å². The van der Waals surface area contributed by atoms with E-state index in [1.54, 1.807) is 0 Å². The Morgan fingerprint density at radius 3 is 2.19 bits per heavy atom. The van der Waals surface area contributed by atoms with Gasteiger partial charge in [-0.15, -0.1) is 0 Å². The Hall–Kier alpha value is -1.41. The summed E-state index contributed by atoms with van der Waals surface area (Å²) in [5, 5.41) is 17.0. The van der Waals surface area contributed by atoms with E-state index >= 15 is 0 Å². The lowest BCUT2D eigenvalue weighted by Crippen LogP contribution is -2.23. The molecule has 0 saturated carbocycles. The minimum Gasteiger partial charge on any atom is -0.511 e. The largest absolute Gasteiger partial charge is 0.707 e. The lowest BCUT2D eigenvalue weighted by atomic mass is 10.1. The molecule has 0 heterocycles. The zero-order valence-corrected chi connectivity index (χ0v) is 8.15. The fraction of sp³-hybridized carbons (Fsp3) is 0.250. The summed E-state index contributed by atoms with van der Waals surface area (Å²) in [6.07, 6.45) is -4.71. The highest BCUT2D eigenvalue weighted by Gasteiger charge is 2.38. The van der Waals surface area contributed by atoms with E-state index in [2.05, 4.69) is 9.39 Å². The molecule has 0 aliphatic heterocycles. The summed E-state index contributed by atoms with van der Waals surface area (Å²) in [6.45, 7) is 0. The Bertz CT molecular complexity index is 367. The average Bonchev–Trinajstić information content (AvgIpc) is 2.14. The maximum Gasteiger partial charge on any atom is 0.707 e. The average molecular weight is 236 g/mol. The Morgan fingerprint density at radius 1 is 1.19 bits per heavy atom. The van der Waals surface area contributed by atoms with Crippen LogP contribution in [0.25, 0.3) is 0 Å². The molecule has 0 unspecified atom stereocenters. The molecule has 1 aromatic carbocycles. The molecule has 1 rings (SSSR count). The highest BCUT2D eigenvalue weighted by molar-refractivity contribution is 6.33. The summed E-state index contributed by atoms with van der Waals surface area (Å²) in [5.74, 6) is -1.16. The molecule has 0 atom stereocenters. The van der Waals surface area contributed by atoms with Gasteiger partial charge in [0.2, 0.25) is 0 Å². The van der Waals surface area contributed by atoms with Crippen molar-refractivity contribution in [1.29, 1.82) is 0 Å². The van der Waals surface area contributed by atoms with E-state index in [1.807, 2.05) is 0 Å². The van der Waals surface area contributed by atoms with Gasteiger partial charge in [-0.3, -0.25) is 0 Å². The van der Waals surface area contributed by atoms with Crippen molar-refractivity contribution in [2.45, 2.75) is 6.18 Å². The topological polar surface area (TPSA) is 58.9 Å². The molecule has 0 bridgehead atoms. The molecule has 0 spiro atoms. The highest BCUT2D eigenvalue weighted by Crippen LogP contribution is 2.42. The molecule has 16 heavy (non-hydrogen) atoms. The summed E-state index contributed by atoms with van der Waals surface area (Å²) in [4.78, 5) is 0. The van der Waals surface area contributed by atoms with Gasteiger partial charge in [0.05, 0.1) is 7.11 Å². The Labute approximate surface area is 89.4 Å². The molecule has 0 aliphatic carbocycles. The van der Waals surface area contributed by atoms with Crippen LogP contribution in [0.1, 0.15) is 5.56 Å². The van der Waals surface area contributed by atoms with E-state index in [4.69, 9.17) is 10.0 Å². The molecule has 0 radical (unpaired) electrons. The van der Waals surface area contributed by atoms with Crippen LogP contribution in [0.4, 0.5) is 13.2 Å². The van der Waals surface area contributed by atoms with Crippen LogP contribution in [0.3, 0.4) is 0 Å². The molecule has 0 fully saturated rings. The van der Waals surface area contributed by atoms with Crippen molar-refractivity contribution in [2.24, 2.45) is 0 Å². The summed E-state index contributed by atoms with van der Waals surface area (Å²) in [5.41, 5.74) is -1.19. The molecule has 4 nitrogen and oxygen atoms in total. The number of halogens is 3. The number of hydrogen-bond acceptors (Lipinski definition) is 4. The maximum absolute atomic E-state index is 12.6. The van der Waals surface area contributed by atoms with E-state index < -0.39 is 30.6 Å². The Morgan fingerprint density at radius 2 is 1.75 bits per heavy atom. The molecule has 1 aromatic rings. The smallest absolute Gasteiger partial charge is 0.511 e. The van der Waals surface area contributed by atoms with Crippen molar-refractivity contribution in [3.8, 4) is 11.5 Å². The van der Waals surface area contributed by atoms with Crippen LogP contribution in [-0.2, 0) is 6.18 Å². The van der Waals surface area contributed by atoms with E-state index in [0.717, 1.165) is 19.2 Å². The van der Waals surface area contributed by atoms with Gasteiger partial charge in [0, 0.05) is 0 Å². The monoisotopic (exact) mass is 236 g/mol. The predicted octanol–water partition coefficient (Wildman–Crippen LogP) is 1.06. The number of hydrogen-bond donors (Lipinski definition) is 2. The van der Waals surface area contributed by atoms with Crippen LogP contribution in [0, 0.1) is 0 Å². The molecule has 0 aliphatic rings. The quantitative estimate of drug-likeness (QED) is 0.770. The summed E-state index contributed by atoms with van der Waals surface area (Å²) in [7, 11) is -1.25. The number of benzene rings is 1. The number of ether oxygens (including phenoxy) is 1. The molecular formula is C8H8BF3O4. The lowest BCUT2D eigenvalue weighted by Gasteiger charge is -2.16. The first-order valence-electron chi connectivity index (χ1n) is 4.13. The first kappa shape index (κ1) is 12.7. The van der Waals surface area contributed by atoms with Gasteiger partial charge in [0.1, 0.15) is 17.1 Å². The fourth-order valence-corrected chi connectivity index (χ4v) is 1.17. The van der Waals surface area contributed by atoms with Crippen LogP contribution in [0.5, 0.6) is 11.5 Å². The molecule has 0 amide bonds. The van der Waals surface area contributed by atoms with Crippen molar-refractivity contribution >= 4 is 7.32 Å². The van der Waals surface area contributed by atoms with Gasteiger partial charge in [0.15, 0.2) is 0 Å². The molecule has 88 valence electrons. The van der Waals surface area contributed by atoms with Crippen molar-refractivity contribution in [3.05, 3.63) is 23.8 Å². The summed E-state index contributed by atoms with van der Waals surface area (Å²) in [6, 6.07) is 3.30. The van der Waals surface area contributed by atoms with E-state index in [9.17, 15) is 13.2 Å². The zero-order chi connectivity index (χ0) is 12.3. The van der Waals surface area contributed by atoms with Crippen LogP contribution in [0.15, 0.2) is 18.2 Å². The lowest BCUT2D eigenvalue weighted by molar-refractivity contribution is -0.139. The minimum absolute atomic E-state index is 0.453. The second-order valence-electron chi connectivity index (χ2n) is 2.78. The van der Waals surface area contributed by atoms with Gasteiger partial charge in [-0.1, -0.05) is 6.07 Å². The Kier molecular flexibility index (Phi) is 3.66. The Balaban J connectivity index is 3.26. The van der Waals surface area contributed by atoms with E-state index in [-0.39, 0.29) is 0 Å². The van der Waals surface area contributed by atoms with Gasteiger partial charge < -0.3 is 19.4 Å². The summed E-state index contributed by atoms with van der Waals surface area (Å²) >= 11 is 0. The van der Waals surface area contributed by atoms with Crippen molar-refractivity contribution in [1.82, 2.24) is 0 Å². The number of rotatable bonds is 3. The zero-order valence-electron chi connectivity index (χ0n) is 8.15. The van der Waals surface area contributed by atoms with Crippen molar-refractivity contribution in [2.75, 3.05) is 7.11 Å². The van der Waals surface area contributed by atoms with Gasteiger partial charge in [-0.25, -0.2) is 0 Å². The summed E-state index contributed by atoms with van der Waals surface area (Å²) < 4.78 is 46.6. The fourth-order valence-electron chi connectivity index (χ4n) is 1.17. The first-order valence-corrected chi connectivity index (χ1v) is 4.13. The van der Waals surface area contributed by atoms with Gasteiger partial charge in [-0.2, -0.15) is 13.2 Å². The maximum atomic E-state index is 12.6. The second-order valence-corrected chi connectivity index (χ2v) is 2.78. The highest BCUT2D eigenvalue weighted by atomic mass is 19.4. The van der Waals surface area contributed by atoms with Crippen LogP contribution in [0.2, 0.25) is 0 Å². The van der Waals surface area contributed by atoms with Gasteiger partial charge >= 0.3 is 13.5 Å². The standard InChI is InChI=1S/C8H8BF3O4/c1-15-5-3-2-4-6(16-9(13)14)7(5)8(10,11)12/h2-4,13-14H,1H3. The van der Waals surface area contributed by atoms with Crippen LogP contribution < -0.4 is 9.39 Å². The third-order valence-corrected chi connectivity index (χ3v) is 1.72. The second kappa shape index (κ2) is 4.62. The van der Waals surface area contributed by atoms with Crippen LogP contribution in [-0.4, -0.2) is 24.5 Å². The molecule has 0 saturated heterocycles. The predicted molar refractivity (Wildman–Crippen MR) is 48.8 cm³/mol.